The highest BCUT2D eigenvalue weighted by Gasteiger charge is 2.13. The third-order valence-electron chi connectivity index (χ3n) is 4.04. The van der Waals surface area contributed by atoms with Crippen LogP contribution in [-0.4, -0.2) is 39.2 Å². The number of benzene rings is 1. The molecule has 0 amide bonds. The monoisotopic (exact) mass is 389 g/mol. The van der Waals surface area contributed by atoms with Crippen molar-refractivity contribution in [1.29, 1.82) is 0 Å². The summed E-state index contributed by atoms with van der Waals surface area (Å²) >= 11 is 1.76. The first-order valence-corrected chi connectivity index (χ1v) is 9.77. The second kappa shape index (κ2) is 10.6. The standard InChI is InChI=1S/C20H27N3O3S/c1-5-21-20(22-12-14(2)18-7-6-10-27-18)23-13-15-8-9-17(25-3)16(11-15)19(24)26-4/h6-11,14H,5,12-13H2,1-4H3,(H2,21,22,23). The maximum Gasteiger partial charge on any atom is 0.341 e. The van der Waals surface area contributed by atoms with Crippen LogP contribution in [0.5, 0.6) is 5.75 Å². The summed E-state index contributed by atoms with van der Waals surface area (Å²) in [5, 5.41) is 8.72. The van der Waals surface area contributed by atoms with Crippen molar-refractivity contribution in [3.05, 3.63) is 51.7 Å². The molecular weight excluding hydrogens is 362 g/mol. The van der Waals surface area contributed by atoms with Gasteiger partial charge >= 0.3 is 5.97 Å². The molecule has 146 valence electrons. The third kappa shape index (κ3) is 5.99. The number of nitrogens with one attached hydrogen (secondary N) is 2. The van der Waals surface area contributed by atoms with Crippen molar-refractivity contribution in [2.45, 2.75) is 26.3 Å². The van der Waals surface area contributed by atoms with Gasteiger partial charge in [0.1, 0.15) is 11.3 Å². The Morgan fingerprint density at radius 3 is 2.70 bits per heavy atom. The molecule has 1 aromatic carbocycles. The lowest BCUT2D eigenvalue weighted by Gasteiger charge is -2.15. The topological polar surface area (TPSA) is 72.0 Å². The molecule has 0 fully saturated rings. The van der Waals surface area contributed by atoms with Crippen LogP contribution in [0.1, 0.15) is 40.6 Å². The molecule has 1 aromatic heterocycles. The smallest absolute Gasteiger partial charge is 0.341 e. The lowest BCUT2D eigenvalue weighted by molar-refractivity contribution is 0.0597. The van der Waals surface area contributed by atoms with Gasteiger partial charge < -0.3 is 20.1 Å². The number of rotatable bonds is 8. The molecule has 7 heteroatoms. The molecule has 0 aliphatic rings. The first kappa shape index (κ1) is 20.8. The van der Waals surface area contributed by atoms with Crippen molar-refractivity contribution in [2.24, 2.45) is 4.99 Å². The van der Waals surface area contributed by atoms with Crippen LogP contribution < -0.4 is 15.4 Å². The lowest BCUT2D eigenvalue weighted by Crippen LogP contribution is -2.39. The first-order valence-electron chi connectivity index (χ1n) is 8.89. The molecule has 0 saturated carbocycles. The minimum absolute atomic E-state index is 0.400. The van der Waals surface area contributed by atoms with E-state index in [0.29, 0.717) is 23.8 Å². The fourth-order valence-corrected chi connectivity index (χ4v) is 3.34. The van der Waals surface area contributed by atoms with Crippen molar-refractivity contribution in [3.8, 4) is 5.75 Å². The van der Waals surface area contributed by atoms with E-state index >= 15 is 0 Å². The van der Waals surface area contributed by atoms with E-state index in [-0.39, 0.29) is 0 Å². The predicted octanol–water partition coefficient (Wildman–Crippen LogP) is 3.40. The van der Waals surface area contributed by atoms with E-state index in [1.807, 2.05) is 13.0 Å². The lowest BCUT2D eigenvalue weighted by atomic mass is 10.1. The van der Waals surface area contributed by atoms with Gasteiger partial charge in [0.15, 0.2) is 5.96 Å². The van der Waals surface area contributed by atoms with Crippen LogP contribution >= 0.6 is 11.3 Å². The Morgan fingerprint density at radius 1 is 1.26 bits per heavy atom. The highest BCUT2D eigenvalue weighted by atomic mass is 32.1. The largest absolute Gasteiger partial charge is 0.496 e. The average molecular weight is 390 g/mol. The van der Waals surface area contributed by atoms with E-state index in [2.05, 4.69) is 40.1 Å². The van der Waals surface area contributed by atoms with Gasteiger partial charge in [0.25, 0.3) is 0 Å². The number of ether oxygens (including phenoxy) is 2. The number of methoxy groups -OCH3 is 2. The molecular formula is C20H27N3O3S. The molecule has 6 nitrogen and oxygen atoms in total. The first-order chi connectivity index (χ1) is 13.1. The summed E-state index contributed by atoms with van der Waals surface area (Å²) in [6.07, 6.45) is 0. The maximum atomic E-state index is 11.9. The molecule has 1 heterocycles. The van der Waals surface area contributed by atoms with Crippen LogP contribution in [0, 0.1) is 0 Å². The van der Waals surface area contributed by atoms with Crippen molar-refractivity contribution in [1.82, 2.24) is 10.6 Å². The van der Waals surface area contributed by atoms with Crippen LogP contribution in [0.3, 0.4) is 0 Å². The van der Waals surface area contributed by atoms with E-state index < -0.39 is 5.97 Å². The van der Waals surface area contributed by atoms with Crippen LogP contribution in [0.2, 0.25) is 0 Å². The fraction of sp³-hybridized carbons (Fsp3) is 0.400. The maximum absolute atomic E-state index is 11.9. The summed E-state index contributed by atoms with van der Waals surface area (Å²) in [7, 11) is 2.89. The summed E-state index contributed by atoms with van der Waals surface area (Å²) in [4.78, 5) is 17.9. The van der Waals surface area contributed by atoms with Gasteiger partial charge in [-0.2, -0.15) is 0 Å². The van der Waals surface area contributed by atoms with Crippen molar-refractivity contribution in [2.75, 3.05) is 27.3 Å². The summed E-state index contributed by atoms with van der Waals surface area (Å²) in [5.41, 5.74) is 1.30. The zero-order valence-electron chi connectivity index (χ0n) is 16.2. The molecule has 27 heavy (non-hydrogen) atoms. The van der Waals surface area contributed by atoms with Gasteiger partial charge in [0, 0.05) is 23.9 Å². The van der Waals surface area contributed by atoms with Crippen LogP contribution in [0.25, 0.3) is 0 Å². The summed E-state index contributed by atoms with van der Waals surface area (Å²) in [6, 6.07) is 9.63. The van der Waals surface area contributed by atoms with E-state index in [4.69, 9.17) is 9.47 Å². The molecule has 2 aromatic rings. The van der Waals surface area contributed by atoms with Crippen molar-refractivity contribution < 1.29 is 14.3 Å². The fourth-order valence-electron chi connectivity index (χ4n) is 2.56. The van der Waals surface area contributed by atoms with Crippen LogP contribution in [0.15, 0.2) is 40.7 Å². The Hall–Kier alpha value is -2.54. The molecule has 0 aliphatic carbocycles. The zero-order valence-corrected chi connectivity index (χ0v) is 17.1. The van der Waals surface area contributed by atoms with Gasteiger partial charge in [0.2, 0.25) is 0 Å². The van der Waals surface area contributed by atoms with Crippen molar-refractivity contribution >= 4 is 23.3 Å². The van der Waals surface area contributed by atoms with E-state index in [9.17, 15) is 4.79 Å². The van der Waals surface area contributed by atoms with Crippen LogP contribution in [0.4, 0.5) is 0 Å². The molecule has 2 rings (SSSR count). The number of carbonyl (C=O) groups excluding carboxylic acids is 1. The molecule has 0 bridgehead atoms. The Morgan fingerprint density at radius 2 is 2.07 bits per heavy atom. The quantitative estimate of drug-likeness (QED) is 0.411. The number of esters is 1. The minimum Gasteiger partial charge on any atom is -0.496 e. The Balaban J connectivity index is 2.06. The van der Waals surface area contributed by atoms with E-state index in [0.717, 1.165) is 24.6 Å². The molecule has 2 N–H and O–H groups in total. The van der Waals surface area contributed by atoms with Gasteiger partial charge in [0.05, 0.1) is 20.8 Å². The Labute approximate surface area is 164 Å². The molecule has 0 spiro atoms. The predicted molar refractivity (Wildman–Crippen MR) is 110 cm³/mol. The number of carbonyl (C=O) groups is 1. The molecule has 0 saturated heterocycles. The molecule has 0 aliphatic heterocycles. The second-order valence-corrected chi connectivity index (χ2v) is 7.00. The number of hydrogen-bond donors (Lipinski definition) is 2. The third-order valence-corrected chi connectivity index (χ3v) is 5.14. The van der Waals surface area contributed by atoms with Gasteiger partial charge in [-0.05, 0) is 36.1 Å². The summed E-state index contributed by atoms with van der Waals surface area (Å²) in [6.45, 7) is 6.23. The summed E-state index contributed by atoms with van der Waals surface area (Å²) < 4.78 is 10.0. The Bertz CT molecular complexity index is 760. The average Bonchev–Trinajstić information content (AvgIpc) is 3.24. The van der Waals surface area contributed by atoms with E-state index in [1.54, 1.807) is 23.5 Å². The van der Waals surface area contributed by atoms with Gasteiger partial charge in [-0.1, -0.05) is 19.1 Å². The number of thiophene rings is 1. The molecule has 0 radical (unpaired) electrons. The Kier molecular flexibility index (Phi) is 8.13. The molecule has 1 atom stereocenters. The zero-order chi connectivity index (χ0) is 19.6. The SMILES string of the molecule is CCNC(=NCc1ccc(OC)c(C(=O)OC)c1)NCC(C)c1cccs1. The van der Waals surface area contributed by atoms with E-state index in [1.165, 1.54) is 19.1 Å². The minimum atomic E-state index is -0.424. The van der Waals surface area contributed by atoms with Crippen LogP contribution in [-0.2, 0) is 11.3 Å². The number of hydrogen-bond acceptors (Lipinski definition) is 5. The second-order valence-electron chi connectivity index (χ2n) is 6.02. The number of guanidine groups is 1. The molecule has 1 unspecified atom stereocenters. The highest BCUT2D eigenvalue weighted by molar-refractivity contribution is 7.10. The normalized spacial score (nSPS) is 12.4. The van der Waals surface area contributed by atoms with Gasteiger partial charge in [-0.15, -0.1) is 11.3 Å². The van der Waals surface area contributed by atoms with Gasteiger partial charge in [-0.3, -0.25) is 0 Å². The number of nitrogens with zero attached hydrogens (tertiary/aromatic N) is 1. The highest BCUT2D eigenvalue weighted by Crippen LogP contribution is 2.21. The van der Waals surface area contributed by atoms with Crippen molar-refractivity contribution in [3.63, 3.8) is 0 Å². The van der Waals surface area contributed by atoms with Gasteiger partial charge in [-0.25, -0.2) is 9.79 Å². The summed E-state index contributed by atoms with van der Waals surface area (Å²) in [5.74, 6) is 1.22. The number of aliphatic imine (C=N–C) groups is 1.